The van der Waals surface area contributed by atoms with E-state index in [2.05, 4.69) is 0 Å². The molecule has 0 aliphatic carbocycles. The zero-order valence-corrected chi connectivity index (χ0v) is 6.94. The molecule has 0 bridgehead atoms. The van der Waals surface area contributed by atoms with Crippen molar-refractivity contribution in [2.75, 3.05) is 0 Å². The van der Waals surface area contributed by atoms with Crippen LogP contribution in [0.2, 0.25) is 0 Å². The van der Waals surface area contributed by atoms with Crippen LogP contribution in [-0.2, 0) is 0 Å². The van der Waals surface area contributed by atoms with Crippen molar-refractivity contribution in [2.24, 2.45) is 0 Å². The second-order valence-corrected chi connectivity index (χ2v) is 2.57. The minimum atomic E-state index is -0.470. The Bertz CT molecular complexity index is 368. The van der Waals surface area contributed by atoms with E-state index in [9.17, 15) is 14.7 Å². The number of rotatable bonds is 2. The number of phenolic OH excluding ortho intramolecular Hbond substituents is 2. The molecule has 0 atom stereocenters. The molecule has 0 saturated heterocycles. The van der Waals surface area contributed by atoms with Crippen LogP contribution in [0.5, 0.6) is 11.5 Å². The Balaban J connectivity index is 3.44. The third-order valence-corrected chi connectivity index (χ3v) is 1.69. The maximum atomic E-state index is 10.9. The van der Waals surface area contributed by atoms with E-state index in [0.717, 1.165) is 0 Å². The second-order valence-electron chi connectivity index (χ2n) is 2.57. The van der Waals surface area contributed by atoms with Crippen LogP contribution >= 0.6 is 0 Å². The number of phenols is 2. The van der Waals surface area contributed by atoms with E-state index in [1.54, 1.807) is 0 Å². The molecule has 0 aliphatic heterocycles. The van der Waals surface area contributed by atoms with Gasteiger partial charge in [0.15, 0.2) is 12.1 Å². The normalized spacial score (nSPS) is 9.62. The topological polar surface area (TPSA) is 74.6 Å². The van der Waals surface area contributed by atoms with Gasteiger partial charge in [0.2, 0.25) is 0 Å². The Morgan fingerprint density at radius 2 is 2.00 bits per heavy atom. The molecular weight excluding hydrogens is 172 g/mol. The first-order valence-electron chi connectivity index (χ1n) is 3.59. The fraction of sp³-hybridized carbons (Fsp3) is 0.111. The van der Waals surface area contributed by atoms with Gasteiger partial charge < -0.3 is 10.2 Å². The highest BCUT2D eigenvalue weighted by Crippen LogP contribution is 2.28. The number of carbonyl (C=O) groups excluding carboxylic acids is 2. The molecule has 0 heterocycles. The van der Waals surface area contributed by atoms with E-state index < -0.39 is 5.75 Å². The lowest BCUT2D eigenvalue weighted by molar-refractivity contribution is 0.101. The number of carbonyl (C=O) groups is 2. The first kappa shape index (κ1) is 9.25. The van der Waals surface area contributed by atoms with Crippen LogP contribution in [0, 0.1) is 0 Å². The van der Waals surface area contributed by atoms with Crippen molar-refractivity contribution in [1.29, 1.82) is 0 Å². The van der Waals surface area contributed by atoms with Gasteiger partial charge in [-0.25, -0.2) is 0 Å². The first-order valence-corrected chi connectivity index (χ1v) is 3.59. The number of Topliss-reactive ketones (excluding diaryl/α,β-unsaturated/α-hetero) is 1. The van der Waals surface area contributed by atoms with Crippen LogP contribution in [0.15, 0.2) is 12.1 Å². The number of hydrogen-bond donors (Lipinski definition) is 2. The van der Waals surface area contributed by atoms with E-state index in [1.165, 1.54) is 19.1 Å². The quantitative estimate of drug-likeness (QED) is 0.528. The molecule has 68 valence electrons. The van der Waals surface area contributed by atoms with Gasteiger partial charge in [0.25, 0.3) is 0 Å². The number of aldehydes is 1. The van der Waals surface area contributed by atoms with E-state index in [4.69, 9.17) is 5.11 Å². The van der Waals surface area contributed by atoms with E-state index in [0.29, 0.717) is 6.29 Å². The number of ketones is 1. The molecule has 0 spiro atoms. The molecule has 1 aromatic carbocycles. The van der Waals surface area contributed by atoms with Crippen LogP contribution in [0.1, 0.15) is 27.6 Å². The molecule has 13 heavy (non-hydrogen) atoms. The zero-order chi connectivity index (χ0) is 10.0. The molecule has 0 aliphatic rings. The Kier molecular flexibility index (Phi) is 2.32. The molecule has 0 saturated carbocycles. The summed E-state index contributed by atoms with van der Waals surface area (Å²) >= 11 is 0. The van der Waals surface area contributed by atoms with Gasteiger partial charge in [0, 0.05) is 0 Å². The Hall–Kier alpha value is -1.84. The van der Waals surface area contributed by atoms with Gasteiger partial charge in [-0.1, -0.05) is 0 Å². The van der Waals surface area contributed by atoms with Crippen LogP contribution in [0.3, 0.4) is 0 Å². The summed E-state index contributed by atoms with van der Waals surface area (Å²) in [5, 5.41) is 18.4. The minimum absolute atomic E-state index is 0.0277. The molecule has 4 heteroatoms. The summed E-state index contributed by atoms with van der Waals surface area (Å²) in [6, 6.07) is 2.46. The smallest absolute Gasteiger partial charge is 0.163 e. The highest BCUT2D eigenvalue weighted by Gasteiger charge is 2.13. The van der Waals surface area contributed by atoms with E-state index >= 15 is 0 Å². The number of aromatic hydroxyl groups is 2. The minimum Gasteiger partial charge on any atom is -0.507 e. The highest BCUT2D eigenvalue weighted by atomic mass is 16.3. The molecule has 1 aromatic rings. The molecule has 0 amide bonds. The van der Waals surface area contributed by atoms with Crippen molar-refractivity contribution in [1.82, 2.24) is 0 Å². The third kappa shape index (κ3) is 1.51. The molecule has 0 fully saturated rings. The number of hydrogen-bond acceptors (Lipinski definition) is 4. The summed E-state index contributed by atoms with van der Waals surface area (Å²) in [6.07, 6.45) is 0.303. The fourth-order valence-electron chi connectivity index (χ4n) is 0.998. The lowest BCUT2D eigenvalue weighted by Gasteiger charge is -2.04. The van der Waals surface area contributed by atoms with Crippen LogP contribution in [0.25, 0.3) is 0 Å². The molecule has 0 aromatic heterocycles. The fourth-order valence-corrected chi connectivity index (χ4v) is 0.998. The van der Waals surface area contributed by atoms with E-state index in [-0.39, 0.29) is 22.7 Å². The maximum absolute atomic E-state index is 10.9. The average molecular weight is 180 g/mol. The van der Waals surface area contributed by atoms with Crippen molar-refractivity contribution < 1.29 is 19.8 Å². The first-order chi connectivity index (χ1) is 6.07. The molecular formula is C9H8O4. The van der Waals surface area contributed by atoms with Crippen molar-refractivity contribution in [3.8, 4) is 11.5 Å². The molecule has 0 unspecified atom stereocenters. The molecule has 4 nitrogen and oxygen atoms in total. The molecule has 1 rings (SSSR count). The summed E-state index contributed by atoms with van der Waals surface area (Å²) in [5.74, 6) is -1.17. The standard InChI is InChI=1S/C9H8O4/c1-5(11)6-2-3-8(12)7(4-10)9(6)13/h2-4,12-13H,1H3. The summed E-state index contributed by atoms with van der Waals surface area (Å²) in [5.41, 5.74) is -0.229. The van der Waals surface area contributed by atoms with Crippen molar-refractivity contribution in [3.05, 3.63) is 23.3 Å². The molecule has 0 radical (unpaired) electrons. The Labute approximate surface area is 74.4 Å². The van der Waals surface area contributed by atoms with Crippen LogP contribution in [-0.4, -0.2) is 22.3 Å². The van der Waals surface area contributed by atoms with Gasteiger partial charge in [-0.3, -0.25) is 9.59 Å². The highest BCUT2D eigenvalue weighted by molar-refractivity contribution is 6.00. The van der Waals surface area contributed by atoms with Gasteiger partial charge in [0.05, 0.1) is 11.1 Å². The molecule has 2 N–H and O–H groups in total. The van der Waals surface area contributed by atoms with E-state index in [1.807, 2.05) is 0 Å². The largest absolute Gasteiger partial charge is 0.507 e. The van der Waals surface area contributed by atoms with Crippen molar-refractivity contribution >= 4 is 12.1 Å². The predicted molar refractivity (Wildman–Crippen MR) is 45.2 cm³/mol. The summed E-state index contributed by atoms with van der Waals surface area (Å²) in [4.78, 5) is 21.3. The summed E-state index contributed by atoms with van der Waals surface area (Å²) < 4.78 is 0. The average Bonchev–Trinajstić information content (AvgIpc) is 2.04. The maximum Gasteiger partial charge on any atom is 0.163 e. The van der Waals surface area contributed by atoms with Gasteiger partial charge >= 0.3 is 0 Å². The van der Waals surface area contributed by atoms with Crippen molar-refractivity contribution in [3.63, 3.8) is 0 Å². The predicted octanol–water partition coefficient (Wildman–Crippen LogP) is 1.11. The second kappa shape index (κ2) is 3.26. The lowest BCUT2D eigenvalue weighted by Crippen LogP contribution is -1.95. The van der Waals surface area contributed by atoms with Gasteiger partial charge in [0.1, 0.15) is 11.5 Å². The summed E-state index contributed by atoms with van der Waals surface area (Å²) in [6.45, 7) is 1.26. The van der Waals surface area contributed by atoms with Gasteiger partial charge in [-0.05, 0) is 19.1 Å². The monoisotopic (exact) mass is 180 g/mol. The Morgan fingerprint density at radius 3 is 2.46 bits per heavy atom. The van der Waals surface area contributed by atoms with Gasteiger partial charge in [-0.15, -0.1) is 0 Å². The lowest BCUT2D eigenvalue weighted by atomic mass is 10.1. The van der Waals surface area contributed by atoms with Gasteiger partial charge in [-0.2, -0.15) is 0 Å². The zero-order valence-electron chi connectivity index (χ0n) is 6.94. The van der Waals surface area contributed by atoms with Crippen LogP contribution in [0.4, 0.5) is 0 Å². The third-order valence-electron chi connectivity index (χ3n) is 1.69. The SMILES string of the molecule is CC(=O)c1ccc(O)c(C=O)c1O. The summed E-state index contributed by atoms with van der Waals surface area (Å²) in [7, 11) is 0. The van der Waals surface area contributed by atoms with Crippen LogP contribution < -0.4 is 0 Å². The number of benzene rings is 1. The Morgan fingerprint density at radius 1 is 1.38 bits per heavy atom. The van der Waals surface area contributed by atoms with Crippen molar-refractivity contribution in [2.45, 2.75) is 6.92 Å².